The summed E-state index contributed by atoms with van der Waals surface area (Å²) in [6.07, 6.45) is 10.0. The van der Waals surface area contributed by atoms with E-state index in [1.807, 2.05) is 0 Å². The van der Waals surface area contributed by atoms with Crippen molar-refractivity contribution in [1.82, 2.24) is 5.32 Å². The summed E-state index contributed by atoms with van der Waals surface area (Å²) in [7, 11) is 0. The number of rotatable bonds is 12. The average Bonchev–Trinajstić information content (AvgIpc) is 2.53. The SMILES string of the molecule is C=C(/C=C\C(CCC(C)(C)CCN)=C(C)C)C(C)(CC)NC(C)CC. The van der Waals surface area contributed by atoms with Gasteiger partial charge in [-0.25, -0.2) is 0 Å². The van der Waals surface area contributed by atoms with E-state index in [0.717, 1.165) is 44.2 Å². The van der Waals surface area contributed by atoms with Crippen LogP contribution in [0.3, 0.4) is 0 Å². The second-order valence-electron chi connectivity index (χ2n) is 8.73. The fraction of sp³-hybridized carbons (Fsp3) is 0.739. The lowest BCUT2D eigenvalue weighted by atomic mass is 9.82. The molecule has 0 aromatic rings. The zero-order chi connectivity index (χ0) is 19.7. The van der Waals surface area contributed by atoms with E-state index in [2.05, 4.69) is 79.4 Å². The fourth-order valence-corrected chi connectivity index (χ4v) is 2.94. The molecule has 0 spiro atoms. The summed E-state index contributed by atoms with van der Waals surface area (Å²) in [6.45, 7) is 23.1. The van der Waals surface area contributed by atoms with Gasteiger partial charge in [-0.3, -0.25) is 0 Å². The van der Waals surface area contributed by atoms with Gasteiger partial charge in [-0.2, -0.15) is 0 Å². The Morgan fingerprint density at radius 2 is 1.72 bits per heavy atom. The number of nitrogens with one attached hydrogen (secondary N) is 1. The van der Waals surface area contributed by atoms with E-state index in [0.29, 0.717) is 11.5 Å². The molecule has 0 heterocycles. The molecule has 0 fully saturated rings. The van der Waals surface area contributed by atoms with E-state index in [9.17, 15) is 0 Å². The number of nitrogens with two attached hydrogens (primary N) is 1. The van der Waals surface area contributed by atoms with Crippen LogP contribution in [0.25, 0.3) is 0 Å². The van der Waals surface area contributed by atoms with Crippen molar-refractivity contribution in [3.8, 4) is 0 Å². The molecule has 0 aliphatic carbocycles. The predicted octanol–water partition coefficient (Wildman–Crippen LogP) is 6.15. The molecule has 25 heavy (non-hydrogen) atoms. The maximum atomic E-state index is 5.75. The fourth-order valence-electron chi connectivity index (χ4n) is 2.94. The molecule has 0 saturated carbocycles. The van der Waals surface area contributed by atoms with Gasteiger partial charge in [0.2, 0.25) is 0 Å². The second-order valence-corrected chi connectivity index (χ2v) is 8.73. The Morgan fingerprint density at radius 1 is 1.12 bits per heavy atom. The van der Waals surface area contributed by atoms with Crippen molar-refractivity contribution < 1.29 is 0 Å². The van der Waals surface area contributed by atoms with Gasteiger partial charge in [0.05, 0.1) is 0 Å². The van der Waals surface area contributed by atoms with Crippen LogP contribution in [0.2, 0.25) is 0 Å². The maximum absolute atomic E-state index is 5.75. The van der Waals surface area contributed by atoms with Crippen molar-refractivity contribution in [2.24, 2.45) is 11.1 Å². The first-order valence-electron chi connectivity index (χ1n) is 10.0. The molecule has 2 atom stereocenters. The first-order chi connectivity index (χ1) is 11.5. The van der Waals surface area contributed by atoms with E-state index in [1.165, 1.54) is 11.1 Å². The molecule has 0 aromatic heterocycles. The van der Waals surface area contributed by atoms with Gasteiger partial charge in [-0.05, 0) is 82.9 Å². The topological polar surface area (TPSA) is 38.0 Å². The van der Waals surface area contributed by atoms with Crippen molar-refractivity contribution in [1.29, 1.82) is 0 Å². The summed E-state index contributed by atoms with van der Waals surface area (Å²) in [5.74, 6) is 0. The normalized spacial score (nSPS) is 15.9. The second kappa shape index (κ2) is 11.0. The number of allylic oxidation sites excluding steroid dienone is 3. The van der Waals surface area contributed by atoms with E-state index < -0.39 is 0 Å². The van der Waals surface area contributed by atoms with Crippen LogP contribution in [0.5, 0.6) is 0 Å². The summed E-state index contributed by atoms with van der Waals surface area (Å²) >= 11 is 0. The standard InChI is InChI=1S/C23H44N2/c1-10-20(6)25-23(9,11-2)19(5)12-13-21(18(3)4)14-15-22(7,8)16-17-24/h12-13,20,25H,5,10-11,14-17,24H2,1-4,6-9H3/b13-12-. The van der Waals surface area contributed by atoms with Gasteiger partial charge in [0.1, 0.15) is 0 Å². The van der Waals surface area contributed by atoms with Gasteiger partial charge in [0.25, 0.3) is 0 Å². The quantitative estimate of drug-likeness (QED) is 0.415. The molecule has 0 aromatic carbocycles. The molecular weight excluding hydrogens is 304 g/mol. The minimum Gasteiger partial charge on any atom is -0.330 e. The Labute approximate surface area is 158 Å². The Kier molecular flexibility index (Phi) is 10.6. The van der Waals surface area contributed by atoms with Crippen LogP contribution in [-0.4, -0.2) is 18.1 Å². The smallest absolute Gasteiger partial charge is 0.0399 e. The Bertz CT molecular complexity index is 466. The van der Waals surface area contributed by atoms with Crippen LogP contribution in [0.1, 0.15) is 87.5 Å². The lowest BCUT2D eigenvalue weighted by Crippen LogP contribution is -2.47. The molecule has 3 N–H and O–H groups in total. The van der Waals surface area contributed by atoms with Crippen molar-refractivity contribution in [2.45, 2.75) is 99.1 Å². The highest BCUT2D eigenvalue weighted by Gasteiger charge is 2.25. The summed E-state index contributed by atoms with van der Waals surface area (Å²) in [5.41, 5.74) is 9.98. The Balaban J connectivity index is 5.08. The summed E-state index contributed by atoms with van der Waals surface area (Å²) in [4.78, 5) is 0. The highest BCUT2D eigenvalue weighted by Crippen LogP contribution is 2.30. The van der Waals surface area contributed by atoms with Gasteiger partial charge in [-0.1, -0.05) is 52.0 Å². The molecule has 0 saturated heterocycles. The lowest BCUT2D eigenvalue weighted by molar-refractivity contribution is 0.314. The summed E-state index contributed by atoms with van der Waals surface area (Å²) in [6, 6.07) is 0.495. The molecule has 2 nitrogen and oxygen atoms in total. The van der Waals surface area contributed by atoms with Crippen molar-refractivity contribution in [2.75, 3.05) is 6.54 Å². The van der Waals surface area contributed by atoms with Crippen LogP contribution < -0.4 is 11.1 Å². The van der Waals surface area contributed by atoms with E-state index >= 15 is 0 Å². The summed E-state index contributed by atoms with van der Waals surface area (Å²) in [5, 5.41) is 3.74. The Morgan fingerprint density at radius 3 is 2.16 bits per heavy atom. The largest absolute Gasteiger partial charge is 0.330 e. The van der Waals surface area contributed by atoms with Crippen molar-refractivity contribution in [3.05, 3.63) is 35.5 Å². The van der Waals surface area contributed by atoms with Crippen LogP contribution in [0.4, 0.5) is 0 Å². The molecule has 2 unspecified atom stereocenters. The third kappa shape index (κ3) is 8.87. The van der Waals surface area contributed by atoms with E-state index in [-0.39, 0.29) is 5.54 Å². The molecule has 0 bridgehead atoms. The average molecular weight is 349 g/mol. The monoisotopic (exact) mass is 348 g/mol. The van der Waals surface area contributed by atoms with Crippen LogP contribution in [0, 0.1) is 5.41 Å². The van der Waals surface area contributed by atoms with Gasteiger partial charge in [-0.15, -0.1) is 0 Å². The van der Waals surface area contributed by atoms with Crippen LogP contribution in [-0.2, 0) is 0 Å². The molecule has 0 aliphatic rings. The van der Waals surface area contributed by atoms with Gasteiger partial charge in [0.15, 0.2) is 0 Å². The van der Waals surface area contributed by atoms with Crippen molar-refractivity contribution >= 4 is 0 Å². The molecule has 0 rings (SSSR count). The highest BCUT2D eigenvalue weighted by molar-refractivity contribution is 5.34. The molecule has 146 valence electrons. The van der Waals surface area contributed by atoms with E-state index in [4.69, 9.17) is 5.73 Å². The third-order valence-corrected chi connectivity index (χ3v) is 5.61. The third-order valence-electron chi connectivity index (χ3n) is 5.61. The summed E-state index contributed by atoms with van der Waals surface area (Å²) < 4.78 is 0. The van der Waals surface area contributed by atoms with E-state index in [1.54, 1.807) is 0 Å². The zero-order valence-electron chi connectivity index (χ0n) is 18.3. The molecule has 2 heteroatoms. The number of hydrogen-bond acceptors (Lipinski definition) is 2. The van der Waals surface area contributed by atoms with Gasteiger partial charge in [0, 0.05) is 11.6 Å². The molecular formula is C23H44N2. The van der Waals surface area contributed by atoms with Gasteiger partial charge < -0.3 is 11.1 Å². The van der Waals surface area contributed by atoms with Crippen LogP contribution >= 0.6 is 0 Å². The lowest BCUT2D eigenvalue weighted by Gasteiger charge is -2.34. The Hall–Kier alpha value is -0.860. The predicted molar refractivity (Wildman–Crippen MR) is 115 cm³/mol. The minimum absolute atomic E-state index is 0.0441. The zero-order valence-corrected chi connectivity index (χ0v) is 18.3. The van der Waals surface area contributed by atoms with Crippen molar-refractivity contribution in [3.63, 3.8) is 0 Å². The highest BCUT2D eigenvalue weighted by atomic mass is 15.0. The number of hydrogen-bond donors (Lipinski definition) is 2. The maximum Gasteiger partial charge on any atom is 0.0399 e. The molecule has 0 aliphatic heterocycles. The van der Waals surface area contributed by atoms with Crippen LogP contribution in [0.15, 0.2) is 35.5 Å². The first kappa shape index (κ1) is 24.1. The van der Waals surface area contributed by atoms with Gasteiger partial charge >= 0.3 is 0 Å². The molecule has 0 radical (unpaired) electrons. The minimum atomic E-state index is -0.0441. The molecule has 0 amide bonds. The first-order valence-corrected chi connectivity index (χ1v) is 10.0.